The van der Waals surface area contributed by atoms with E-state index in [0.29, 0.717) is 0 Å². The third-order valence-electron chi connectivity index (χ3n) is 4.69. The van der Waals surface area contributed by atoms with Crippen molar-refractivity contribution in [2.75, 3.05) is 12.4 Å². The highest BCUT2D eigenvalue weighted by atomic mass is 16.1. The fraction of sp³-hybridized carbons (Fsp3) is 0.227. The zero-order valence-electron chi connectivity index (χ0n) is 15.5. The molecule has 1 aromatic carbocycles. The Bertz CT molecular complexity index is 886. The molecule has 2 aromatic rings. The van der Waals surface area contributed by atoms with E-state index in [1.165, 1.54) is 6.08 Å². The predicted octanol–water partition coefficient (Wildman–Crippen LogP) is 3.82. The summed E-state index contributed by atoms with van der Waals surface area (Å²) in [5, 5.41) is 6.12. The molecule has 5 heteroatoms. The van der Waals surface area contributed by atoms with Crippen LogP contribution >= 0.6 is 0 Å². The number of carbonyl (C=O) groups is 1. The number of amides is 1. The molecule has 0 aliphatic heterocycles. The lowest BCUT2D eigenvalue weighted by molar-refractivity contribution is -0.116. The predicted molar refractivity (Wildman–Crippen MR) is 110 cm³/mol. The van der Waals surface area contributed by atoms with Crippen LogP contribution in [0.5, 0.6) is 0 Å². The van der Waals surface area contributed by atoms with Gasteiger partial charge in [0.05, 0.1) is 11.3 Å². The van der Waals surface area contributed by atoms with Crippen LogP contribution < -0.4 is 10.6 Å². The van der Waals surface area contributed by atoms with Gasteiger partial charge in [-0.2, -0.15) is 0 Å². The highest BCUT2D eigenvalue weighted by molar-refractivity contribution is 5.90. The second kappa shape index (κ2) is 8.45. The van der Waals surface area contributed by atoms with Crippen molar-refractivity contribution in [3.63, 3.8) is 0 Å². The number of benzene rings is 1. The molecule has 0 spiro atoms. The Kier molecular flexibility index (Phi) is 5.81. The molecule has 1 amide bonds. The van der Waals surface area contributed by atoms with Crippen molar-refractivity contribution in [3.8, 4) is 0 Å². The van der Waals surface area contributed by atoms with Gasteiger partial charge in [-0.25, -0.2) is 9.97 Å². The van der Waals surface area contributed by atoms with E-state index >= 15 is 0 Å². The largest absolute Gasteiger partial charge is 0.373 e. The Morgan fingerprint density at radius 2 is 2.04 bits per heavy atom. The van der Waals surface area contributed by atoms with Crippen LogP contribution in [0.3, 0.4) is 0 Å². The van der Waals surface area contributed by atoms with Gasteiger partial charge in [0, 0.05) is 13.1 Å². The number of aromatic nitrogens is 2. The van der Waals surface area contributed by atoms with E-state index in [1.807, 2.05) is 37.4 Å². The molecule has 0 saturated heterocycles. The first kappa shape index (κ1) is 18.6. The topological polar surface area (TPSA) is 66.9 Å². The Morgan fingerprint density at radius 1 is 1.26 bits per heavy atom. The lowest BCUT2D eigenvalue weighted by atomic mass is 9.88. The van der Waals surface area contributed by atoms with Crippen LogP contribution in [-0.4, -0.2) is 29.0 Å². The van der Waals surface area contributed by atoms with E-state index in [1.54, 1.807) is 6.33 Å². The molecule has 5 nitrogen and oxygen atoms in total. The van der Waals surface area contributed by atoms with Crippen molar-refractivity contribution in [2.24, 2.45) is 0 Å². The van der Waals surface area contributed by atoms with Crippen LogP contribution in [0.4, 0.5) is 5.82 Å². The summed E-state index contributed by atoms with van der Waals surface area (Å²) in [4.78, 5) is 20.6. The number of hydrogen-bond acceptors (Lipinski definition) is 4. The molecule has 0 fully saturated rings. The highest BCUT2D eigenvalue weighted by Crippen LogP contribution is 2.35. The average Bonchev–Trinajstić information content (AvgIpc) is 2.73. The molecule has 1 atom stereocenters. The SMILES string of the molecule is C=CC(=O)NC1C=C(c2ncnc(NC)c2C(=C)c2ccccc2)CCC1. The zero-order valence-corrected chi connectivity index (χ0v) is 15.5. The third kappa shape index (κ3) is 4.14. The molecule has 0 saturated carbocycles. The minimum atomic E-state index is -0.162. The van der Waals surface area contributed by atoms with E-state index in [2.05, 4.69) is 39.8 Å². The Morgan fingerprint density at radius 3 is 2.74 bits per heavy atom. The van der Waals surface area contributed by atoms with Gasteiger partial charge in [-0.1, -0.05) is 49.6 Å². The van der Waals surface area contributed by atoms with Gasteiger partial charge in [0.2, 0.25) is 5.91 Å². The molecule has 0 bridgehead atoms. The lowest BCUT2D eigenvalue weighted by Gasteiger charge is -2.24. The molecular weight excluding hydrogens is 336 g/mol. The number of nitrogens with zero attached hydrogens (tertiary/aromatic N) is 2. The molecule has 1 unspecified atom stereocenters. The molecule has 138 valence electrons. The summed E-state index contributed by atoms with van der Waals surface area (Å²) in [6, 6.07) is 9.99. The summed E-state index contributed by atoms with van der Waals surface area (Å²) in [7, 11) is 1.84. The van der Waals surface area contributed by atoms with Gasteiger partial charge in [0.1, 0.15) is 12.1 Å². The maximum atomic E-state index is 11.7. The zero-order chi connectivity index (χ0) is 19.2. The van der Waals surface area contributed by atoms with Gasteiger partial charge in [-0.3, -0.25) is 4.79 Å². The number of anilines is 1. The van der Waals surface area contributed by atoms with Crippen LogP contribution in [-0.2, 0) is 4.79 Å². The minimum absolute atomic E-state index is 0.0231. The Balaban J connectivity index is 2.04. The summed E-state index contributed by atoms with van der Waals surface area (Å²) < 4.78 is 0. The molecule has 0 radical (unpaired) electrons. The van der Waals surface area contributed by atoms with E-state index in [-0.39, 0.29) is 11.9 Å². The minimum Gasteiger partial charge on any atom is -0.373 e. The fourth-order valence-electron chi connectivity index (χ4n) is 3.36. The standard InChI is InChI=1S/C22H24N4O/c1-4-19(27)26-18-12-8-11-17(13-18)21-20(22(23-3)25-14-24-21)15(2)16-9-6-5-7-10-16/h4-7,9-10,13-14,18H,1-2,8,11-12H2,3H3,(H,26,27)(H,23,24,25). The monoisotopic (exact) mass is 360 g/mol. The fourth-order valence-corrected chi connectivity index (χ4v) is 3.36. The second-order valence-corrected chi connectivity index (χ2v) is 6.44. The highest BCUT2D eigenvalue weighted by Gasteiger charge is 2.22. The van der Waals surface area contributed by atoms with E-state index in [0.717, 1.165) is 53.0 Å². The smallest absolute Gasteiger partial charge is 0.243 e. The second-order valence-electron chi connectivity index (χ2n) is 6.44. The van der Waals surface area contributed by atoms with Gasteiger partial charge < -0.3 is 10.6 Å². The van der Waals surface area contributed by atoms with Crippen LogP contribution in [0.2, 0.25) is 0 Å². The molecule has 1 heterocycles. The van der Waals surface area contributed by atoms with Gasteiger partial charge >= 0.3 is 0 Å². The van der Waals surface area contributed by atoms with Gasteiger partial charge in [-0.15, -0.1) is 0 Å². The molecule has 3 rings (SSSR count). The molecular formula is C22H24N4O. The average molecular weight is 360 g/mol. The summed E-state index contributed by atoms with van der Waals surface area (Å²) in [6.07, 6.45) is 7.74. The number of rotatable bonds is 6. The quantitative estimate of drug-likeness (QED) is 0.769. The maximum absolute atomic E-state index is 11.7. The molecule has 2 N–H and O–H groups in total. The van der Waals surface area contributed by atoms with E-state index in [4.69, 9.17) is 0 Å². The molecule has 1 aliphatic rings. The van der Waals surface area contributed by atoms with E-state index in [9.17, 15) is 4.79 Å². The molecule has 1 aromatic heterocycles. The van der Waals surface area contributed by atoms with Gasteiger partial charge in [-0.05, 0) is 42.0 Å². The van der Waals surface area contributed by atoms with Gasteiger partial charge in [0.15, 0.2) is 0 Å². The normalized spacial score (nSPS) is 16.2. The van der Waals surface area contributed by atoms with Crippen LogP contribution in [0, 0.1) is 0 Å². The van der Waals surface area contributed by atoms with Crippen LogP contribution in [0.25, 0.3) is 11.1 Å². The molecule has 27 heavy (non-hydrogen) atoms. The van der Waals surface area contributed by atoms with Crippen molar-refractivity contribution in [3.05, 3.63) is 78.8 Å². The lowest BCUT2D eigenvalue weighted by Crippen LogP contribution is -2.33. The number of allylic oxidation sites excluding steroid dienone is 1. The Labute approximate surface area is 159 Å². The van der Waals surface area contributed by atoms with Crippen LogP contribution in [0.15, 0.2) is 62.0 Å². The summed E-state index contributed by atoms with van der Waals surface area (Å²) >= 11 is 0. The van der Waals surface area contributed by atoms with Crippen molar-refractivity contribution in [2.45, 2.75) is 25.3 Å². The van der Waals surface area contributed by atoms with Crippen molar-refractivity contribution in [1.29, 1.82) is 0 Å². The van der Waals surface area contributed by atoms with E-state index < -0.39 is 0 Å². The summed E-state index contributed by atoms with van der Waals surface area (Å²) in [5.74, 6) is 0.581. The number of nitrogens with one attached hydrogen (secondary N) is 2. The number of carbonyl (C=O) groups excluding carboxylic acids is 1. The van der Waals surface area contributed by atoms with Crippen molar-refractivity contribution >= 4 is 22.9 Å². The summed E-state index contributed by atoms with van der Waals surface area (Å²) in [5.41, 5.74) is 4.75. The van der Waals surface area contributed by atoms with Crippen LogP contribution in [0.1, 0.15) is 36.1 Å². The third-order valence-corrected chi connectivity index (χ3v) is 4.69. The first-order valence-corrected chi connectivity index (χ1v) is 9.05. The maximum Gasteiger partial charge on any atom is 0.243 e. The Hall–Kier alpha value is -3.21. The van der Waals surface area contributed by atoms with Gasteiger partial charge in [0.25, 0.3) is 0 Å². The first-order valence-electron chi connectivity index (χ1n) is 9.05. The van der Waals surface area contributed by atoms with Crippen molar-refractivity contribution in [1.82, 2.24) is 15.3 Å². The van der Waals surface area contributed by atoms with Crippen molar-refractivity contribution < 1.29 is 4.79 Å². The molecule has 1 aliphatic carbocycles. The first-order chi connectivity index (χ1) is 13.1. The number of hydrogen-bond donors (Lipinski definition) is 2. The summed E-state index contributed by atoms with van der Waals surface area (Å²) in [6.45, 7) is 7.83.